The van der Waals surface area contributed by atoms with Crippen molar-refractivity contribution in [2.45, 2.75) is 18.9 Å². The van der Waals surface area contributed by atoms with E-state index in [1.165, 1.54) is 18.5 Å². The molecule has 0 radical (unpaired) electrons. The van der Waals surface area contributed by atoms with Gasteiger partial charge >= 0.3 is 0 Å². The highest BCUT2D eigenvalue weighted by atomic mass is 79.9. The predicted molar refractivity (Wildman–Crippen MR) is 77.6 cm³/mol. The fourth-order valence-electron chi connectivity index (χ4n) is 2.46. The average molecular weight is 308 g/mol. The van der Waals surface area contributed by atoms with Crippen LogP contribution in [-0.2, 0) is 0 Å². The molecule has 4 heteroatoms. The molecular formula is C14H18BrN3. The fourth-order valence-corrected chi connectivity index (χ4v) is 2.85. The molecule has 1 unspecified atom stereocenters. The summed E-state index contributed by atoms with van der Waals surface area (Å²) in [6.07, 6.45) is 2.37. The SMILES string of the molecule is CN(CC#N)C1CCCN(c2cccc(Br)c2)C1. The third-order valence-electron chi connectivity index (χ3n) is 3.51. The standard InChI is InChI=1S/C14H18BrN3/c1-17(9-7-16)14-6-3-8-18(11-14)13-5-2-4-12(15)10-13/h2,4-5,10,14H,3,6,8-9,11H2,1H3. The van der Waals surface area contributed by atoms with Gasteiger partial charge in [0.25, 0.3) is 0 Å². The third kappa shape index (κ3) is 3.24. The molecule has 1 aromatic carbocycles. The summed E-state index contributed by atoms with van der Waals surface area (Å²) in [5.41, 5.74) is 1.26. The summed E-state index contributed by atoms with van der Waals surface area (Å²) in [5.74, 6) is 0. The monoisotopic (exact) mass is 307 g/mol. The minimum absolute atomic E-state index is 0.484. The zero-order chi connectivity index (χ0) is 13.0. The molecule has 1 atom stereocenters. The summed E-state index contributed by atoms with van der Waals surface area (Å²) in [6.45, 7) is 2.62. The van der Waals surface area contributed by atoms with Crippen molar-refractivity contribution in [3.05, 3.63) is 28.7 Å². The predicted octanol–water partition coefficient (Wildman–Crippen LogP) is 2.87. The average Bonchev–Trinajstić information content (AvgIpc) is 2.39. The lowest BCUT2D eigenvalue weighted by atomic mass is 10.0. The van der Waals surface area contributed by atoms with Gasteiger partial charge < -0.3 is 4.90 Å². The van der Waals surface area contributed by atoms with Gasteiger partial charge in [-0.2, -0.15) is 5.26 Å². The molecule has 0 N–H and O–H groups in total. The van der Waals surface area contributed by atoms with E-state index in [0.29, 0.717) is 12.6 Å². The van der Waals surface area contributed by atoms with Crippen LogP contribution in [0.2, 0.25) is 0 Å². The summed E-state index contributed by atoms with van der Waals surface area (Å²) in [6, 6.07) is 11.1. The molecule has 96 valence electrons. The van der Waals surface area contributed by atoms with E-state index in [-0.39, 0.29) is 0 Å². The molecule has 0 spiro atoms. The first-order valence-corrected chi connectivity index (χ1v) is 7.07. The van der Waals surface area contributed by atoms with Gasteiger partial charge in [-0.25, -0.2) is 0 Å². The number of nitriles is 1. The van der Waals surface area contributed by atoms with Crippen LogP contribution < -0.4 is 4.90 Å². The van der Waals surface area contributed by atoms with E-state index in [9.17, 15) is 0 Å². The van der Waals surface area contributed by atoms with Crippen molar-refractivity contribution in [1.82, 2.24) is 4.90 Å². The molecule has 1 aliphatic heterocycles. The number of rotatable bonds is 3. The van der Waals surface area contributed by atoms with Crippen molar-refractivity contribution in [3.63, 3.8) is 0 Å². The third-order valence-corrected chi connectivity index (χ3v) is 4.01. The molecular weight excluding hydrogens is 290 g/mol. The summed E-state index contributed by atoms with van der Waals surface area (Å²) in [5, 5.41) is 8.78. The number of piperidine rings is 1. The second-order valence-corrected chi connectivity index (χ2v) is 5.71. The number of benzene rings is 1. The van der Waals surface area contributed by atoms with E-state index in [1.807, 2.05) is 13.1 Å². The Morgan fingerprint density at radius 2 is 2.39 bits per heavy atom. The normalized spacial score (nSPS) is 19.9. The molecule has 1 saturated heterocycles. The van der Waals surface area contributed by atoms with Gasteiger partial charge in [0.15, 0.2) is 0 Å². The van der Waals surface area contributed by atoms with Crippen LogP contribution in [0, 0.1) is 11.3 Å². The van der Waals surface area contributed by atoms with Crippen LogP contribution >= 0.6 is 15.9 Å². The van der Waals surface area contributed by atoms with E-state index in [1.54, 1.807) is 0 Å². The van der Waals surface area contributed by atoms with Crippen molar-refractivity contribution in [2.24, 2.45) is 0 Å². The van der Waals surface area contributed by atoms with Crippen molar-refractivity contribution < 1.29 is 0 Å². The molecule has 0 bridgehead atoms. The smallest absolute Gasteiger partial charge is 0.0866 e. The van der Waals surface area contributed by atoms with Crippen LogP contribution in [0.25, 0.3) is 0 Å². The maximum Gasteiger partial charge on any atom is 0.0866 e. The molecule has 1 heterocycles. The van der Waals surface area contributed by atoms with Crippen LogP contribution in [0.15, 0.2) is 28.7 Å². The Morgan fingerprint density at radius 1 is 1.56 bits per heavy atom. The van der Waals surface area contributed by atoms with Gasteiger partial charge in [-0.1, -0.05) is 22.0 Å². The first-order valence-electron chi connectivity index (χ1n) is 6.28. The van der Waals surface area contributed by atoms with Gasteiger partial charge in [0.05, 0.1) is 12.6 Å². The van der Waals surface area contributed by atoms with E-state index in [4.69, 9.17) is 5.26 Å². The molecule has 1 aromatic rings. The highest BCUT2D eigenvalue weighted by Crippen LogP contribution is 2.24. The first-order chi connectivity index (χ1) is 8.70. The number of anilines is 1. The largest absolute Gasteiger partial charge is 0.370 e. The van der Waals surface area contributed by atoms with E-state index >= 15 is 0 Å². The number of likely N-dealkylation sites (N-methyl/N-ethyl adjacent to an activating group) is 1. The van der Waals surface area contributed by atoms with Gasteiger partial charge in [0.2, 0.25) is 0 Å². The lowest BCUT2D eigenvalue weighted by Gasteiger charge is -2.38. The van der Waals surface area contributed by atoms with Gasteiger partial charge in [-0.3, -0.25) is 4.90 Å². The van der Waals surface area contributed by atoms with Crippen LogP contribution in [0.1, 0.15) is 12.8 Å². The first kappa shape index (κ1) is 13.4. The van der Waals surface area contributed by atoms with Crippen molar-refractivity contribution in [3.8, 4) is 6.07 Å². The Labute approximate surface area is 117 Å². The number of nitrogens with zero attached hydrogens (tertiary/aromatic N) is 3. The Kier molecular flexibility index (Phi) is 4.62. The van der Waals surface area contributed by atoms with Gasteiger partial charge in [0.1, 0.15) is 0 Å². The number of hydrogen-bond acceptors (Lipinski definition) is 3. The van der Waals surface area contributed by atoms with Crippen LogP contribution in [0.4, 0.5) is 5.69 Å². The van der Waals surface area contributed by atoms with Gasteiger partial charge in [-0.05, 0) is 38.1 Å². The van der Waals surface area contributed by atoms with Crippen LogP contribution in [-0.4, -0.2) is 37.6 Å². The van der Waals surface area contributed by atoms with E-state index < -0.39 is 0 Å². The van der Waals surface area contributed by atoms with Crippen molar-refractivity contribution in [2.75, 3.05) is 31.6 Å². The highest BCUT2D eigenvalue weighted by molar-refractivity contribution is 9.10. The highest BCUT2D eigenvalue weighted by Gasteiger charge is 2.23. The topological polar surface area (TPSA) is 30.3 Å². The molecule has 3 nitrogen and oxygen atoms in total. The summed E-state index contributed by atoms with van der Waals surface area (Å²) in [4.78, 5) is 4.57. The quantitative estimate of drug-likeness (QED) is 0.804. The molecule has 0 aromatic heterocycles. The maximum absolute atomic E-state index is 8.78. The Morgan fingerprint density at radius 3 is 3.11 bits per heavy atom. The molecule has 18 heavy (non-hydrogen) atoms. The summed E-state index contributed by atoms with van der Waals surface area (Å²) >= 11 is 3.52. The molecule has 1 fully saturated rings. The maximum atomic E-state index is 8.78. The Hall–Kier alpha value is -1.05. The molecule has 0 saturated carbocycles. The van der Waals surface area contributed by atoms with Gasteiger partial charge in [-0.15, -0.1) is 0 Å². The van der Waals surface area contributed by atoms with Crippen LogP contribution in [0.5, 0.6) is 0 Å². The Balaban J connectivity index is 2.05. The minimum Gasteiger partial charge on any atom is -0.370 e. The fraction of sp³-hybridized carbons (Fsp3) is 0.500. The lowest BCUT2D eigenvalue weighted by Crippen LogP contribution is -2.46. The van der Waals surface area contributed by atoms with Crippen molar-refractivity contribution >= 4 is 21.6 Å². The number of halogens is 1. The zero-order valence-electron chi connectivity index (χ0n) is 10.6. The minimum atomic E-state index is 0.484. The molecule has 1 aliphatic rings. The Bertz CT molecular complexity index is 441. The number of hydrogen-bond donors (Lipinski definition) is 0. The second kappa shape index (κ2) is 6.21. The van der Waals surface area contributed by atoms with E-state index in [2.05, 4.69) is 50.0 Å². The summed E-state index contributed by atoms with van der Waals surface area (Å²) < 4.78 is 1.12. The zero-order valence-corrected chi connectivity index (χ0v) is 12.2. The second-order valence-electron chi connectivity index (χ2n) is 4.80. The lowest BCUT2D eigenvalue weighted by molar-refractivity contribution is 0.238. The summed E-state index contributed by atoms with van der Waals surface area (Å²) in [7, 11) is 2.04. The molecule has 0 aliphatic carbocycles. The van der Waals surface area contributed by atoms with Crippen molar-refractivity contribution in [1.29, 1.82) is 5.26 Å². The molecule has 0 amide bonds. The van der Waals surface area contributed by atoms with Crippen LogP contribution in [0.3, 0.4) is 0 Å². The van der Waals surface area contributed by atoms with E-state index in [0.717, 1.165) is 17.6 Å². The van der Waals surface area contributed by atoms with Gasteiger partial charge in [0, 0.05) is 29.3 Å². The molecule has 2 rings (SSSR count).